The zero-order chi connectivity index (χ0) is 9.68. The first-order valence-corrected chi connectivity index (χ1v) is 4.38. The Morgan fingerprint density at radius 1 is 1.38 bits per heavy atom. The molecule has 0 aliphatic rings. The summed E-state index contributed by atoms with van der Waals surface area (Å²) in [6, 6.07) is 7.47. The van der Waals surface area contributed by atoms with Gasteiger partial charge in [0.25, 0.3) is 0 Å². The van der Waals surface area contributed by atoms with Gasteiger partial charge in [0, 0.05) is 5.56 Å². The van der Waals surface area contributed by atoms with Gasteiger partial charge >= 0.3 is 0 Å². The van der Waals surface area contributed by atoms with E-state index in [1.54, 1.807) is 6.07 Å². The van der Waals surface area contributed by atoms with Crippen LogP contribution in [0.15, 0.2) is 24.3 Å². The van der Waals surface area contributed by atoms with Gasteiger partial charge in [0.1, 0.15) is 6.29 Å². The van der Waals surface area contributed by atoms with Crippen molar-refractivity contribution < 1.29 is 9.53 Å². The summed E-state index contributed by atoms with van der Waals surface area (Å²) < 4.78 is 5.41. The summed E-state index contributed by atoms with van der Waals surface area (Å²) in [4.78, 5) is 10.6. The van der Waals surface area contributed by atoms with E-state index in [9.17, 15) is 4.79 Å². The highest BCUT2D eigenvalue weighted by molar-refractivity contribution is 5.76. The van der Waals surface area contributed by atoms with Crippen LogP contribution in [0, 0.1) is 0 Å². The summed E-state index contributed by atoms with van der Waals surface area (Å²) in [5.74, 6) is 0. The van der Waals surface area contributed by atoms with Crippen LogP contribution in [-0.4, -0.2) is 12.4 Å². The van der Waals surface area contributed by atoms with Crippen LogP contribution in [0.2, 0.25) is 0 Å². The molecule has 2 nitrogen and oxygen atoms in total. The monoisotopic (exact) mass is 178 g/mol. The second-order valence-corrected chi connectivity index (χ2v) is 3.18. The predicted octanol–water partition coefficient (Wildman–Crippen LogP) is 2.42. The molecule has 1 aromatic rings. The molecular weight excluding hydrogens is 164 g/mol. The average molecular weight is 178 g/mol. The van der Waals surface area contributed by atoms with Crippen molar-refractivity contribution >= 4 is 6.29 Å². The highest BCUT2D eigenvalue weighted by atomic mass is 16.5. The number of ether oxygens (including phenoxy) is 1. The summed E-state index contributed by atoms with van der Waals surface area (Å²) in [6.07, 6.45) is 1.05. The van der Waals surface area contributed by atoms with Crippen molar-refractivity contribution in [2.75, 3.05) is 0 Å². The van der Waals surface area contributed by atoms with Gasteiger partial charge in [-0.05, 0) is 19.4 Å². The smallest absolute Gasteiger partial charge is 0.150 e. The topological polar surface area (TPSA) is 26.3 Å². The van der Waals surface area contributed by atoms with Gasteiger partial charge in [0.05, 0.1) is 12.7 Å². The summed E-state index contributed by atoms with van der Waals surface area (Å²) in [7, 11) is 0. The zero-order valence-corrected chi connectivity index (χ0v) is 7.99. The molecule has 13 heavy (non-hydrogen) atoms. The van der Waals surface area contributed by atoms with E-state index in [1.165, 1.54) is 0 Å². The van der Waals surface area contributed by atoms with E-state index in [0.29, 0.717) is 12.2 Å². The van der Waals surface area contributed by atoms with Crippen LogP contribution in [0.4, 0.5) is 0 Å². The van der Waals surface area contributed by atoms with Crippen molar-refractivity contribution in [1.29, 1.82) is 0 Å². The summed E-state index contributed by atoms with van der Waals surface area (Å²) in [6.45, 7) is 4.46. The quantitative estimate of drug-likeness (QED) is 0.662. The molecule has 0 aliphatic heterocycles. The maximum Gasteiger partial charge on any atom is 0.150 e. The molecule has 0 heterocycles. The van der Waals surface area contributed by atoms with Gasteiger partial charge in [-0.25, -0.2) is 0 Å². The van der Waals surface area contributed by atoms with Crippen LogP contribution in [0.3, 0.4) is 0 Å². The van der Waals surface area contributed by atoms with Crippen molar-refractivity contribution in [2.24, 2.45) is 0 Å². The lowest BCUT2D eigenvalue weighted by Crippen LogP contribution is -2.03. The lowest BCUT2D eigenvalue weighted by atomic mass is 10.1. The van der Waals surface area contributed by atoms with Gasteiger partial charge in [0.2, 0.25) is 0 Å². The van der Waals surface area contributed by atoms with E-state index < -0.39 is 0 Å². The Bertz CT molecular complexity index is 279. The van der Waals surface area contributed by atoms with Crippen LogP contribution >= 0.6 is 0 Å². The normalized spacial score (nSPS) is 10.4. The van der Waals surface area contributed by atoms with E-state index in [-0.39, 0.29) is 6.10 Å². The second kappa shape index (κ2) is 4.77. The molecule has 70 valence electrons. The van der Waals surface area contributed by atoms with Crippen molar-refractivity contribution in [3.8, 4) is 0 Å². The van der Waals surface area contributed by atoms with E-state index >= 15 is 0 Å². The molecule has 0 amide bonds. The first-order valence-electron chi connectivity index (χ1n) is 4.38. The molecular formula is C11H14O2. The largest absolute Gasteiger partial charge is 0.374 e. The van der Waals surface area contributed by atoms with Crippen molar-refractivity contribution in [3.05, 3.63) is 35.4 Å². The Morgan fingerprint density at radius 3 is 2.69 bits per heavy atom. The molecule has 0 saturated carbocycles. The average Bonchev–Trinajstić information content (AvgIpc) is 2.15. The minimum Gasteiger partial charge on any atom is -0.374 e. The summed E-state index contributed by atoms with van der Waals surface area (Å²) >= 11 is 0. The fourth-order valence-electron chi connectivity index (χ4n) is 1.04. The third-order valence-corrected chi connectivity index (χ3v) is 1.75. The molecule has 0 spiro atoms. The van der Waals surface area contributed by atoms with Gasteiger partial charge < -0.3 is 4.74 Å². The zero-order valence-electron chi connectivity index (χ0n) is 7.99. The first kappa shape index (κ1) is 9.93. The van der Waals surface area contributed by atoms with Gasteiger partial charge in [-0.1, -0.05) is 24.3 Å². The van der Waals surface area contributed by atoms with E-state index in [2.05, 4.69) is 0 Å². The Balaban J connectivity index is 2.69. The number of carbonyl (C=O) groups is 1. The van der Waals surface area contributed by atoms with Crippen LogP contribution in [0.5, 0.6) is 0 Å². The SMILES string of the molecule is CC(C)OCc1ccccc1C=O. The Kier molecular flexibility index (Phi) is 3.65. The van der Waals surface area contributed by atoms with Gasteiger partial charge in [-0.3, -0.25) is 4.79 Å². The molecule has 1 rings (SSSR count). The third-order valence-electron chi connectivity index (χ3n) is 1.75. The third kappa shape index (κ3) is 2.99. The Morgan fingerprint density at radius 2 is 2.08 bits per heavy atom. The second-order valence-electron chi connectivity index (χ2n) is 3.18. The highest BCUT2D eigenvalue weighted by Crippen LogP contribution is 2.08. The molecule has 0 fully saturated rings. The molecule has 0 bridgehead atoms. The molecule has 0 aromatic heterocycles. The summed E-state index contributed by atoms with van der Waals surface area (Å²) in [5.41, 5.74) is 1.66. The van der Waals surface area contributed by atoms with Crippen LogP contribution in [0.25, 0.3) is 0 Å². The van der Waals surface area contributed by atoms with Gasteiger partial charge in [0.15, 0.2) is 0 Å². The molecule has 0 atom stereocenters. The van der Waals surface area contributed by atoms with Crippen molar-refractivity contribution in [2.45, 2.75) is 26.6 Å². The predicted molar refractivity (Wildman–Crippen MR) is 51.8 cm³/mol. The molecule has 0 saturated heterocycles. The number of hydrogen-bond acceptors (Lipinski definition) is 2. The summed E-state index contributed by atoms with van der Waals surface area (Å²) in [5, 5.41) is 0. The van der Waals surface area contributed by atoms with Gasteiger partial charge in [-0.15, -0.1) is 0 Å². The van der Waals surface area contributed by atoms with Crippen LogP contribution < -0.4 is 0 Å². The van der Waals surface area contributed by atoms with Crippen molar-refractivity contribution in [1.82, 2.24) is 0 Å². The lowest BCUT2D eigenvalue weighted by Gasteiger charge is -2.08. The molecule has 2 heteroatoms. The maximum atomic E-state index is 10.6. The lowest BCUT2D eigenvalue weighted by molar-refractivity contribution is 0.0651. The van der Waals surface area contributed by atoms with E-state index in [0.717, 1.165) is 11.8 Å². The molecule has 0 radical (unpaired) electrons. The van der Waals surface area contributed by atoms with Crippen LogP contribution in [0.1, 0.15) is 29.8 Å². The standard InChI is InChI=1S/C11H14O2/c1-9(2)13-8-11-6-4-3-5-10(11)7-12/h3-7,9H,8H2,1-2H3. The fourth-order valence-corrected chi connectivity index (χ4v) is 1.04. The minimum absolute atomic E-state index is 0.194. The fraction of sp³-hybridized carbons (Fsp3) is 0.364. The Hall–Kier alpha value is -1.15. The molecule has 0 unspecified atom stereocenters. The first-order chi connectivity index (χ1) is 6.24. The molecule has 1 aromatic carbocycles. The number of carbonyl (C=O) groups excluding carboxylic acids is 1. The van der Waals surface area contributed by atoms with Crippen LogP contribution in [-0.2, 0) is 11.3 Å². The maximum absolute atomic E-state index is 10.6. The number of rotatable bonds is 4. The van der Waals surface area contributed by atoms with Crippen molar-refractivity contribution in [3.63, 3.8) is 0 Å². The molecule has 0 N–H and O–H groups in total. The number of benzene rings is 1. The minimum atomic E-state index is 0.194. The number of aldehydes is 1. The number of hydrogen-bond donors (Lipinski definition) is 0. The Labute approximate surface area is 78.5 Å². The van der Waals surface area contributed by atoms with E-state index in [1.807, 2.05) is 32.0 Å². The van der Waals surface area contributed by atoms with E-state index in [4.69, 9.17) is 4.74 Å². The highest BCUT2D eigenvalue weighted by Gasteiger charge is 2.01. The molecule has 0 aliphatic carbocycles. The van der Waals surface area contributed by atoms with Gasteiger partial charge in [-0.2, -0.15) is 0 Å².